The second-order valence-electron chi connectivity index (χ2n) is 9.54. The van der Waals surface area contributed by atoms with Crippen molar-refractivity contribution >= 4 is 23.2 Å². The number of aromatic nitrogens is 1. The van der Waals surface area contributed by atoms with E-state index in [1.165, 1.54) is 18.4 Å². The van der Waals surface area contributed by atoms with E-state index < -0.39 is 11.9 Å². The van der Waals surface area contributed by atoms with Gasteiger partial charge in [-0.25, -0.2) is 9.59 Å². The molecule has 4 rings (SSSR count). The van der Waals surface area contributed by atoms with Gasteiger partial charge in [0.2, 0.25) is 11.7 Å². The van der Waals surface area contributed by atoms with Crippen molar-refractivity contribution in [3.63, 3.8) is 0 Å². The molecule has 7 heteroatoms. The van der Waals surface area contributed by atoms with E-state index in [1.807, 2.05) is 24.3 Å². The van der Waals surface area contributed by atoms with Crippen LogP contribution in [-0.4, -0.2) is 46.7 Å². The normalized spacial score (nSPS) is 13.1. The molecule has 37 heavy (non-hydrogen) atoms. The minimum Gasteiger partial charge on any atom is -0.415 e. The fourth-order valence-electron chi connectivity index (χ4n) is 4.86. The number of pyridine rings is 1. The van der Waals surface area contributed by atoms with Crippen LogP contribution in [0, 0.1) is 0 Å². The van der Waals surface area contributed by atoms with Crippen LogP contribution in [0.15, 0.2) is 42.5 Å². The van der Waals surface area contributed by atoms with Crippen molar-refractivity contribution in [1.29, 1.82) is 0 Å². The first kappa shape index (κ1) is 26.6. The molecule has 3 aromatic rings. The van der Waals surface area contributed by atoms with Gasteiger partial charge in [0.1, 0.15) is 5.69 Å². The van der Waals surface area contributed by atoms with Crippen LogP contribution >= 0.6 is 0 Å². The standard InChI is InChI=1S/C30H36N2O5/c1-4-7-12-23-26(32-24-13-9-14-25(32)36-29(34)30(35)37-28(23)24)27(33)22-17-15-21(16-18-22)11-10-20-31(6-3)19-8-5-2/h9,13-18H,4-8,10-12,19-20H2,1-3H3. The number of nitrogens with zero attached hydrogens (tertiary/aromatic N) is 2. The van der Waals surface area contributed by atoms with E-state index in [-0.39, 0.29) is 17.4 Å². The Morgan fingerprint density at radius 3 is 2.24 bits per heavy atom. The summed E-state index contributed by atoms with van der Waals surface area (Å²) in [7, 11) is 0. The first-order chi connectivity index (χ1) is 18.0. The molecule has 2 aromatic heterocycles. The summed E-state index contributed by atoms with van der Waals surface area (Å²) in [5.41, 5.74) is 3.27. The van der Waals surface area contributed by atoms with E-state index in [2.05, 4.69) is 25.7 Å². The Hall–Kier alpha value is -3.45. The van der Waals surface area contributed by atoms with Gasteiger partial charge in [0.15, 0.2) is 5.75 Å². The first-order valence-electron chi connectivity index (χ1n) is 13.4. The number of esters is 2. The maximum atomic E-state index is 13.9. The Balaban J connectivity index is 1.62. The summed E-state index contributed by atoms with van der Waals surface area (Å²) in [5, 5.41) is 0. The summed E-state index contributed by atoms with van der Waals surface area (Å²) in [6.07, 6.45) is 6.69. The van der Waals surface area contributed by atoms with Gasteiger partial charge < -0.3 is 14.4 Å². The Bertz CT molecular complexity index is 1280. The van der Waals surface area contributed by atoms with Crippen LogP contribution in [0.1, 0.15) is 80.1 Å². The van der Waals surface area contributed by atoms with Gasteiger partial charge in [-0.1, -0.05) is 63.9 Å². The van der Waals surface area contributed by atoms with Crippen molar-refractivity contribution in [3.05, 3.63) is 64.8 Å². The van der Waals surface area contributed by atoms with E-state index in [0.29, 0.717) is 28.8 Å². The number of carbonyl (C=O) groups excluding carboxylic acids is 3. The molecule has 196 valence electrons. The SMILES string of the molecule is CCCCc1c2c3cccc(n3c1C(=O)c1ccc(CCCN(CC)CCCC)cc1)OC(=O)C(=O)O2. The second kappa shape index (κ2) is 12.2. The molecule has 0 saturated carbocycles. The molecule has 1 aliphatic heterocycles. The third kappa shape index (κ3) is 5.77. The fourth-order valence-corrected chi connectivity index (χ4v) is 4.86. The van der Waals surface area contributed by atoms with Crippen molar-refractivity contribution in [2.24, 2.45) is 0 Å². The fraction of sp³-hybridized carbons (Fsp3) is 0.433. The van der Waals surface area contributed by atoms with E-state index in [4.69, 9.17) is 9.47 Å². The summed E-state index contributed by atoms with van der Waals surface area (Å²) in [4.78, 5) is 40.8. The van der Waals surface area contributed by atoms with Crippen molar-refractivity contribution in [2.45, 2.75) is 65.7 Å². The van der Waals surface area contributed by atoms with Gasteiger partial charge in [-0.15, -0.1) is 0 Å². The van der Waals surface area contributed by atoms with Crippen LogP contribution in [0.2, 0.25) is 0 Å². The lowest BCUT2D eigenvalue weighted by Gasteiger charge is -2.19. The van der Waals surface area contributed by atoms with Gasteiger partial charge >= 0.3 is 11.9 Å². The van der Waals surface area contributed by atoms with Crippen molar-refractivity contribution in [3.8, 4) is 11.6 Å². The van der Waals surface area contributed by atoms with Crippen LogP contribution in [0.4, 0.5) is 0 Å². The highest BCUT2D eigenvalue weighted by atomic mass is 16.6. The lowest BCUT2D eigenvalue weighted by Crippen LogP contribution is -2.27. The lowest BCUT2D eigenvalue weighted by molar-refractivity contribution is -0.156. The van der Waals surface area contributed by atoms with Crippen molar-refractivity contribution < 1.29 is 23.9 Å². The third-order valence-electron chi connectivity index (χ3n) is 6.96. The number of hydrogen-bond acceptors (Lipinski definition) is 6. The minimum atomic E-state index is -1.10. The summed E-state index contributed by atoms with van der Waals surface area (Å²) < 4.78 is 12.3. The lowest BCUT2D eigenvalue weighted by atomic mass is 9.99. The van der Waals surface area contributed by atoms with Crippen molar-refractivity contribution in [2.75, 3.05) is 19.6 Å². The summed E-state index contributed by atoms with van der Waals surface area (Å²) >= 11 is 0. The largest absolute Gasteiger partial charge is 0.424 e. The highest BCUT2D eigenvalue weighted by Gasteiger charge is 2.33. The predicted molar refractivity (Wildman–Crippen MR) is 142 cm³/mol. The number of hydrogen-bond donors (Lipinski definition) is 0. The number of aryl methyl sites for hydroxylation is 1. The van der Waals surface area contributed by atoms with E-state index in [0.717, 1.165) is 45.3 Å². The van der Waals surface area contributed by atoms with Crippen LogP contribution in [0.5, 0.6) is 11.6 Å². The molecule has 1 aromatic carbocycles. The van der Waals surface area contributed by atoms with Crippen LogP contribution in [0.25, 0.3) is 5.52 Å². The zero-order chi connectivity index (χ0) is 26.4. The maximum Gasteiger partial charge on any atom is 0.424 e. The smallest absolute Gasteiger partial charge is 0.415 e. The molecule has 0 radical (unpaired) electrons. The topological polar surface area (TPSA) is 77.3 Å². The molecule has 0 amide bonds. The first-order valence-corrected chi connectivity index (χ1v) is 13.4. The summed E-state index contributed by atoms with van der Waals surface area (Å²) in [6, 6.07) is 12.8. The van der Waals surface area contributed by atoms with Gasteiger partial charge in [0.25, 0.3) is 0 Å². The molecule has 0 fully saturated rings. The quantitative estimate of drug-likeness (QED) is 0.176. The monoisotopic (exact) mass is 504 g/mol. The minimum absolute atomic E-state index is 0.131. The Morgan fingerprint density at radius 2 is 1.54 bits per heavy atom. The van der Waals surface area contributed by atoms with E-state index >= 15 is 0 Å². The number of unbranched alkanes of at least 4 members (excludes halogenated alkanes) is 2. The van der Waals surface area contributed by atoms with Gasteiger partial charge in [-0.3, -0.25) is 9.20 Å². The molecule has 0 unspecified atom stereocenters. The molecule has 7 nitrogen and oxygen atoms in total. The van der Waals surface area contributed by atoms with E-state index in [1.54, 1.807) is 22.6 Å². The van der Waals surface area contributed by atoms with Crippen LogP contribution < -0.4 is 9.47 Å². The average molecular weight is 505 g/mol. The molecule has 0 aliphatic carbocycles. The Labute approximate surface area is 218 Å². The van der Waals surface area contributed by atoms with Crippen molar-refractivity contribution in [1.82, 2.24) is 9.30 Å². The molecule has 0 spiro atoms. The van der Waals surface area contributed by atoms with Gasteiger partial charge in [-0.2, -0.15) is 0 Å². The van der Waals surface area contributed by atoms with Crippen LogP contribution in [-0.2, 0) is 22.4 Å². The zero-order valence-corrected chi connectivity index (χ0v) is 22.0. The third-order valence-corrected chi connectivity index (χ3v) is 6.96. The highest BCUT2D eigenvalue weighted by Crippen LogP contribution is 2.38. The summed E-state index contributed by atoms with van der Waals surface area (Å²) in [5.74, 6) is -1.99. The number of rotatable bonds is 13. The zero-order valence-electron chi connectivity index (χ0n) is 22.0. The molecular weight excluding hydrogens is 468 g/mol. The molecule has 1 aliphatic rings. The summed E-state index contributed by atoms with van der Waals surface area (Å²) in [6.45, 7) is 9.75. The predicted octanol–water partition coefficient (Wildman–Crippen LogP) is 5.39. The molecule has 0 N–H and O–H groups in total. The molecule has 0 atom stereocenters. The second-order valence-corrected chi connectivity index (χ2v) is 9.54. The Kier molecular flexibility index (Phi) is 8.77. The van der Waals surface area contributed by atoms with Crippen LogP contribution in [0.3, 0.4) is 0 Å². The number of ether oxygens (including phenoxy) is 2. The number of carbonyl (C=O) groups is 3. The number of ketones is 1. The molecule has 4 bridgehead atoms. The van der Waals surface area contributed by atoms with Gasteiger partial charge in [0.05, 0.1) is 5.52 Å². The number of benzene rings is 1. The van der Waals surface area contributed by atoms with Gasteiger partial charge in [0, 0.05) is 11.1 Å². The maximum absolute atomic E-state index is 13.9. The average Bonchev–Trinajstić information content (AvgIpc) is 3.24. The van der Waals surface area contributed by atoms with Gasteiger partial charge in [-0.05, 0) is 69.4 Å². The molecular formula is C30H36N2O5. The molecule has 3 heterocycles. The Morgan fingerprint density at radius 1 is 0.838 bits per heavy atom. The highest BCUT2D eigenvalue weighted by molar-refractivity contribution is 6.31. The molecule has 0 saturated heterocycles. The van der Waals surface area contributed by atoms with E-state index in [9.17, 15) is 14.4 Å².